The van der Waals surface area contributed by atoms with Crippen LogP contribution < -0.4 is 5.32 Å². The zero-order valence-corrected chi connectivity index (χ0v) is 11.4. The minimum atomic E-state index is 0.338. The van der Waals surface area contributed by atoms with Gasteiger partial charge in [-0.05, 0) is 18.9 Å². The lowest BCUT2D eigenvalue weighted by atomic mass is 10.0. The highest BCUT2D eigenvalue weighted by Crippen LogP contribution is 2.23. The van der Waals surface area contributed by atoms with Crippen molar-refractivity contribution in [2.24, 2.45) is 7.05 Å². The molecule has 0 spiro atoms. The maximum Gasteiger partial charge on any atom is 0.148 e. The molecule has 0 saturated carbocycles. The van der Waals surface area contributed by atoms with Crippen LogP contribution in [0, 0.1) is 6.92 Å². The minimum Gasteiger partial charge on any atom is -0.362 e. The molecular formula is C15H21N3. The fraction of sp³-hybridized carbons (Fsp3) is 0.400. The van der Waals surface area contributed by atoms with Gasteiger partial charge in [-0.1, -0.05) is 43.7 Å². The number of aryl methyl sites for hydroxylation is 2. The Bertz CT molecular complexity index is 468. The van der Waals surface area contributed by atoms with Crippen molar-refractivity contribution in [2.75, 3.05) is 5.32 Å². The molecule has 0 aliphatic carbocycles. The summed E-state index contributed by atoms with van der Waals surface area (Å²) in [6.45, 7) is 4.27. The van der Waals surface area contributed by atoms with Crippen LogP contribution in [0.1, 0.15) is 37.1 Å². The summed E-state index contributed by atoms with van der Waals surface area (Å²) in [4.78, 5) is 0. The Balaban J connectivity index is 2.16. The molecule has 0 radical (unpaired) electrons. The SMILES string of the molecule is CCCC(Nc1cc(C)n(C)n1)c1ccccc1. The number of anilines is 1. The minimum absolute atomic E-state index is 0.338. The van der Waals surface area contributed by atoms with Crippen molar-refractivity contribution in [3.05, 3.63) is 47.7 Å². The molecule has 1 N–H and O–H groups in total. The first-order valence-corrected chi connectivity index (χ1v) is 6.53. The van der Waals surface area contributed by atoms with Gasteiger partial charge < -0.3 is 5.32 Å². The molecule has 1 heterocycles. The monoisotopic (exact) mass is 243 g/mol. The van der Waals surface area contributed by atoms with Crippen LogP contribution in [0.4, 0.5) is 5.82 Å². The molecule has 0 fully saturated rings. The van der Waals surface area contributed by atoms with Crippen LogP contribution in [0.3, 0.4) is 0 Å². The third kappa shape index (κ3) is 2.92. The number of rotatable bonds is 5. The van der Waals surface area contributed by atoms with E-state index in [-0.39, 0.29) is 0 Å². The fourth-order valence-corrected chi connectivity index (χ4v) is 2.11. The summed E-state index contributed by atoms with van der Waals surface area (Å²) >= 11 is 0. The van der Waals surface area contributed by atoms with Crippen molar-refractivity contribution >= 4 is 5.82 Å². The van der Waals surface area contributed by atoms with E-state index in [2.05, 4.69) is 60.7 Å². The molecule has 1 aromatic heterocycles. The normalized spacial score (nSPS) is 12.4. The summed E-state index contributed by atoms with van der Waals surface area (Å²) in [5.74, 6) is 0.956. The highest BCUT2D eigenvalue weighted by Gasteiger charge is 2.11. The van der Waals surface area contributed by atoms with Crippen LogP contribution in [0.25, 0.3) is 0 Å². The summed E-state index contributed by atoms with van der Waals surface area (Å²) in [5, 5.41) is 7.99. The first kappa shape index (κ1) is 12.7. The first-order valence-electron chi connectivity index (χ1n) is 6.53. The highest BCUT2D eigenvalue weighted by atomic mass is 15.3. The van der Waals surface area contributed by atoms with Gasteiger partial charge in [-0.3, -0.25) is 4.68 Å². The maximum absolute atomic E-state index is 4.46. The first-order chi connectivity index (χ1) is 8.70. The lowest BCUT2D eigenvalue weighted by Crippen LogP contribution is -2.11. The Morgan fingerprint density at radius 2 is 2.00 bits per heavy atom. The number of nitrogens with one attached hydrogen (secondary N) is 1. The molecule has 0 amide bonds. The molecule has 2 rings (SSSR count). The Morgan fingerprint density at radius 3 is 2.56 bits per heavy atom. The molecule has 0 bridgehead atoms. The van der Waals surface area contributed by atoms with Gasteiger partial charge in [0.2, 0.25) is 0 Å². The summed E-state index contributed by atoms with van der Waals surface area (Å²) in [5.41, 5.74) is 2.49. The van der Waals surface area contributed by atoms with E-state index in [0.29, 0.717) is 6.04 Å². The summed E-state index contributed by atoms with van der Waals surface area (Å²) < 4.78 is 1.90. The third-order valence-corrected chi connectivity index (χ3v) is 3.22. The van der Waals surface area contributed by atoms with Gasteiger partial charge in [-0.25, -0.2) is 0 Å². The Labute approximate surface area is 109 Å². The molecule has 18 heavy (non-hydrogen) atoms. The standard InChI is InChI=1S/C15H21N3/c1-4-8-14(13-9-6-5-7-10-13)16-15-11-12(2)18(3)17-15/h5-7,9-11,14H,4,8H2,1-3H3,(H,16,17). The lowest BCUT2D eigenvalue weighted by Gasteiger charge is -2.18. The van der Waals surface area contributed by atoms with E-state index in [4.69, 9.17) is 0 Å². The molecule has 1 unspecified atom stereocenters. The van der Waals surface area contributed by atoms with Gasteiger partial charge in [0.25, 0.3) is 0 Å². The van der Waals surface area contributed by atoms with E-state index in [9.17, 15) is 0 Å². The number of hydrogen-bond acceptors (Lipinski definition) is 2. The average Bonchev–Trinajstić information content (AvgIpc) is 2.69. The van der Waals surface area contributed by atoms with Crippen LogP contribution in [0.15, 0.2) is 36.4 Å². The summed E-state index contributed by atoms with van der Waals surface area (Å²) in [7, 11) is 1.97. The van der Waals surface area contributed by atoms with Crippen molar-refractivity contribution in [3.63, 3.8) is 0 Å². The van der Waals surface area contributed by atoms with Gasteiger partial charge in [-0.2, -0.15) is 5.10 Å². The van der Waals surface area contributed by atoms with E-state index in [1.807, 2.05) is 11.7 Å². The molecule has 0 aliphatic heterocycles. The average molecular weight is 243 g/mol. The summed E-state index contributed by atoms with van der Waals surface area (Å²) in [6.07, 6.45) is 2.26. The van der Waals surface area contributed by atoms with Crippen molar-refractivity contribution in [2.45, 2.75) is 32.7 Å². The van der Waals surface area contributed by atoms with E-state index in [1.54, 1.807) is 0 Å². The Morgan fingerprint density at radius 1 is 1.28 bits per heavy atom. The van der Waals surface area contributed by atoms with Crippen molar-refractivity contribution < 1.29 is 0 Å². The lowest BCUT2D eigenvalue weighted by molar-refractivity contribution is 0.667. The zero-order valence-electron chi connectivity index (χ0n) is 11.4. The molecule has 0 saturated heterocycles. The van der Waals surface area contributed by atoms with Crippen molar-refractivity contribution in [1.82, 2.24) is 9.78 Å². The number of nitrogens with zero attached hydrogens (tertiary/aromatic N) is 2. The van der Waals surface area contributed by atoms with E-state index in [1.165, 1.54) is 11.3 Å². The van der Waals surface area contributed by atoms with Crippen LogP contribution in [0.5, 0.6) is 0 Å². The van der Waals surface area contributed by atoms with Crippen molar-refractivity contribution in [3.8, 4) is 0 Å². The predicted octanol–water partition coefficient (Wildman–Crippen LogP) is 3.68. The quantitative estimate of drug-likeness (QED) is 0.868. The molecule has 1 aromatic carbocycles. The molecule has 2 aromatic rings. The number of hydrogen-bond donors (Lipinski definition) is 1. The third-order valence-electron chi connectivity index (χ3n) is 3.22. The molecule has 1 atom stereocenters. The number of benzene rings is 1. The molecule has 3 nitrogen and oxygen atoms in total. The smallest absolute Gasteiger partial charge is 0.148 e. The van der Waals surface area contributed by atoms with Gasteiger partial charge in [0.05, 0.1) is 6.04 Å². The van der Waals surface area contributed by atoms with Gasteiger partial charge in [0.15, 0.2) is 0 Å². The molecule has 96 valence electrons. The van der Waals surface area contributed by atoms with Gasteiger partial charge in [-0.15, -0.1) is 0 Å². The number of aromatic nitrogens is 2. The van der Waals surface area contributed by atoms with E-state index < -0.39 is 0 Å². The Kier molecular flexibility index (Phi) is 4.03. The molecular weight excluding hydrogens is 222 g/mol. The van der Waals surface area contributed by atoms with Crippen LogP contribution in [-0.2, 0) is 7.05 Å². The van der Waals surface area contributed by atoms with Gasteiger partial charge in [0.1, 0.15) is 5.82 Å². The zero-order chi connectivity index (χ0) is 13.0. The second-order valence-corrected chi connectivity index (χ2v) is 4.69. The largest absolute Gasteiger partial charge is 0.362 e. The highest BCUT2D eigenvalue weighted by molar-refractivity contribution is 5.39. The van der Waals surface area contributed by atoms with Crippen molar-refractivity contribution in [1.29, 1.82) is 0 Å². The van der Waals surface area contributed by atoms with Gasteiger partial charge >= 0.3 is 0 Å². The van der Waals surface area contributed by atoms with E-state index >= 15 is 0 Å². The van der Waals surface area contributed by atoms with Gasteiger partial charge in [0, 0.05) is 18.8 Å². The van der Waals surface area contributed by atoms with Crippen LogP contribution >= 0.6 is 0 Å². The fourth-order valence-electron chi connectivity index (χ4n) is 2.11. The predicted molar refractivity (Wildman–Crippen MR) is 75.7 cm³/mol. The molecule has 0 aliphatic rings. The van der Waals surface area contributed by atoms with E-state index in [0.717, 1.165) is 18.7 Å². The summed E-state index contributed by atoms with van der Waals surface area (Å²) in [6, 6.07) is 13.0. The Hall–Kier alpha value is -1.77. The van der Waals surface area contributed by atoms with Crippen LogP contribution in [-0.4, -0.2) is 9.78 Å². The van der Waals surface area contributed by atoms with Crippen LogP contribution in [0.2, 0.25) is 0 Å². The maximum atomic E-state index is 4.46. The second kappa shape index (κ2) is 5.71. The second-order valence-electron chi connectivity index (χ2n) is 4.69. The molecule has 3 heteroatoms. The topological polar surface area (TPSA) is 29.9 Å².